The fraction of sp³-hybridized carbons (Fsp3) is 0.286. The Hall–Kier alpha value is -3.15. The Morgan fingerprint density at radius 3 is 2.44 bits per heavy atom. The van der Waals surface area contributed by atoms with E-state index < -0.39 is 0 Å². The van der Waals surface area contributed by atoms with Crippen LogP contribution in [0.3, 0.4) is 0 Å². The molecule has 6 heteroatoms. The molecule has 1 unspecified atom stereocenters. The molecule has 0 N–H and O–H groups in total. The molecule has 1 heterocycles. The van der Waals surface area contributed by atoms with Gasteiger partial charge in [0.1, 0.15) is 18.4 Å². The van der Waals surface area contributed by atoms with Crippen molar-refractivity contribution in [3.8, 4) is 11.4 Å². The van der Waals surface area contributed by atoms with Crippen LogP contribution >= 0.6 is 0 Å². The van der Waals surface area contributed by atoms with E-state index in [2.05, 4.69) is 10.1 Å². The number of rotatable bonds is 7. The van der Waals surface area contributed by atoms with Crippen molar-refractivity contribution >= 4 is 5.91 Å². The number of hydrogen-bond acceptors (Lipinski definition) is 4. The molecule has 27 heavy (non-hydrogen) atoms. The molecule has 2 aromatic carbocycles. The molecule has 140 valence electrons. The third-order valence-electron chi connectivity index (χ3n) is 4.82. The molecule has 1 amide bonds. The van der Waals surface area contributed by atoms with Gasteiger partial charge in [0.05, 0.1) is 18.8 Å². The number of aryl methyl sites for hydroxylation is 1. The number of ether oxygens (including phenoxy) is 1. The zero-order chi connectivity index (χ0) is 19.2. The van der Waals surface area contributed by atoms with E-state index in [1.807, 2.05) is 62.5 Å². The molecule has 1 aromatic heterocycles. The molecule has 1 atom stereocenters. The second kappa shape index (κ2) is 8.49. The molecule has 0 radical (unpaired) electrons. The van der Waals surface area contributed by atoms with Crippen LogP contribution < -0.4 is 4.74 Å². The van der Waals surface area contributed by atoms with Crippen LogP contribution in [0.4, 0.5) is 0 Å². The highest BCUT2D eigenvalue weighted by atomic mass is 16.5. The number of carbonyl (C=O) groups excluding carboxylic acids is 1. The lowest BCUT2D eigenvalue weighted by Gasteiger charge is -2.25. The molecule has 0 aliphatic heterocycles. The van der Waals surface area contributed by atoms with Gasteiger partial charge in [0.25, 0.3) is 0 Å². The smallest absolute Gasteiger partial charge is 0.223 e. The van der Waals surface area contributed by atoms with Gasteiger partial charge < -0.3 is 9.64 Å². The highest BCUT2D eigenvalue weighted by Crippen LogP contribution is 2.21. The second-order valence-electron chi connectivity index (χ2n) is 6.46. The number of nitrogens with zero attached hydrogens (tertiary/aromatic N) is 4. The number of hydrogen-bond donors (Lipinski definition) is 0. The highest BCUT2D eigenvalue weighted by molar-refractivity contribution is 5.76. The van der Waals surface area contributed by atoms with E-state index >= 15 is 0 Å². The Morgan fingerprint density at radius 2 is 1.85 bits per heavy atom. The van der Waals surface area contributed by atoms with Gasteiger partial charge in [-0.1, -0.05) is 24.3 Å². The molecule has 6 nitrogen and oxygen atoms in total. The summed E-state index contributed by atoms with van der Waals surface area (Å²) in [5.74, 6) is 0.948. The Bertz CT molecular complexity index is 858. The van der Waals surface area contributed by atoms with Crippen LogP contribution in [0.25, 0.3) is 5.69 Å². The van der Waals surface area contributed by atoms with Gasteiger partial charge in [-0.15, -0.1) is 0 Å². The zero-order valence-electron chi connectivity index (χ0n) is 15.9. The molecule has 0 spiro atoms. The lowest BCUT2D eigenvalue weighted by molar-refractivity contribution is -0.131. The zero-order valence-corrected chi connectivity index (χ0v) is 15.9. The number of benzene rings is 2. The van der Waals surface area contributed by atoms with Crippen LogP contribution in [0.5, 0.6) is 5.75 Å². The normalized spacial score (nSPS) is 11.8. The van der Waals surface area contributed by atoms with Crippen molar-refractivity contribution in [2.45, 2.75) is 25.8 Å². The van der Waals surface area contributed by atoms with E-state index in [4.69, 9.17) is 4.74 Å². The first kappa shape index (κ1) is 18.6. The molecule has 3 aromatic rings. The minimum atomic E-state index is -0.00170. The SMILES string of the molecule is COc1ccc(CCC(=O)N(C)C(C)c2ccc(-n3cncn3)cc2)cc1. The molecular formula is C21H24N4O2. The summed E-state index contributed by atoms with van der Waals surface area (Å²) in [7, 11) is 3.50. The van der Waals surface area contributed by atoms with E-state index in [1.54, 1.807) is 23.0 Å². The van der Waals surface area contributed by atoms with Crippen molar-refractivity contribution in [2.24, 2.45) is 0 Å². The molecule has 0 saturated carbocycles. The summed E-state index contributed by atoms with van der Waals surface area (Å²) in [6.45, 7) is 2.04. The van der Waals surface area contributed by atoms with Gasteiger partial charge in [-0.3, -0.25) is 4.79 Å². The second-order valence-corrected chi connectivity index (χ2v) is 6.46. The first-order chi connectivity index (χ1) is 13.1. The number of methoxy groups -OCH3 is 1. The topological polar surface area (TPSA) is 60.2 Å². The van der Waals surface area contributed by atoms with Gasteiger partial charge in [-0.25, -0.2) is 9.67 Å². The van der Waals surface area contributed by atoms with Crippen LogP contribution in [-0.4, -0.2) is 39.7 Å². The predicted octanol–water partition coefficient (Wildman–Crippen LogP) is 3.43. The molecule has 0 aliphatic carbocycles. The van der Waals surface area contributed by atoms with Crippen molar-refractivity contribution in [3.63, 3.8) is 0 Å². The van der Waals surface area contributed by atoms with Gasteiger partial charge in [-0.2, -0.15) is 5.10 Å². The maximum Gasteiger partial charge on any atom is 0.223 e. The van der Waals surface area contributed by atoms with Crippen molar-refractivity contribution < 1.29 is 9.53 Å². The van der Waals surface area contributed by atoms with Gasteiger partial charge >= 0.3 is 0 Å². The fourth-order valence-electron chi connectivity index (χ4n) is 2.91. The highest BCUT2D eigenvalue weighted by Gasteiger charge is 2.17. The Kier molecular flexibility index (Phi) is 5.86. The first-order valence-electron chi connectivity index (χ1n) is 8.92. The summed E-state index contributed by atoms with van der Waals surface area (Å²) in [5.41, 5.74) is 3.15. The Balaban J connectivity index is 1.58. The van der Waals surface area contributed by atoms with Crippen LogP contribution in [0.2, 0.25) is 0 Å². The predicted molar refractivity (Wildman–Crippen MR) is 104 cm³/mol. The van der Waals surface area contributed by atoms with Crippen molar-refractivity contribution in [3.05, 3.63) is 72.3 Å². The molecule has 0 saturated heterocycles. The Labute approximate surface area is 159 Å². The average molecular weight is 364 g/mol. The summed E-state index contributed by atoms with van der Waals surface area (Å²) in [5, 5.41) is 4.12. The summed E-state index contributed by atoms with van der Waals surface area (Å²) in [6.07, 6.45) is 4.36. The largest absolute Gasteiger partial charge is 0.497 e. The van der Waals surface area contributed by atoms with Crippen LogP contribution in [0, 0.1) is 0 Å². The summed E-state index contributed by atoms with van der Waals surface area (Å²) in [4.78, 5) is 18.3. The molecule has 0 fully saturated rings. The van der Waals surface area contributed by atoms with Crippen molar-refractivity contribution in [1.82, 2.24) is 19.7 Å². The number of aromatic nitrogens is 3. The summed E-state index contributed by atoms with van der Waals surface area (Å²) in [6, 6.07) is 15.8. The van der Waals surface area contributed by atoms with Gasteiger partial charge in [0, 0.05) is 13.5 Å². The quantitative estimate of drug-likeness (QED) is 0.644. The van der Waals surface area contributed by atoms with E-state index in [0.717, 1.165) is 22.6 Å². The van der Waals surface area contributed by atoms with Crippen LogP contribution in [-0.2, 0) is 11.2 Å². The lowest BCUT2D eigenvalue weighted by Crippen LogP contribution is -2.29. The molecular weight excluding hydrogens is 340 g/mol. The molecule has 0 bridgehead atoms. The Morgan fingerprint density at radius 1 is 1.15 bits per heavy atom. The van der Waals surface area contributed by atoms with E-state index in [0.29, 0.717) is 12.8 Å². The fourth-order valence-corrected chi connectivity index (χ4v) is 2.91. The molecule has 0 aliphatic rings. The standard InChI is InChI=1S/C21H24N4O2/c1-16(18-7-9-19(10-8-18)25-15-22-14-23-25)24(2)21(26)13-6-17-4-11-20(27-3)12-5-17/h4-5,7-12,14-16H,6,13H2,1-3H3. The summed E-state index contributed by atoms with van der Waals surface area (Å²) < 4.78 is 6.87. The summed E-state index contributed by atoms with van der Waals surface area (Å²) >= 11 is 0. The van der Waals surface area contributed by atoms with E-state index in [-0.39, 0.29) is 11.9 Å². The third kappa shape index (κ3) is 4.53. The van der Waals surface area contributed by atoms with E-state index in [9.17, 15) is 4.79 Å². The van der Waals surface area contributed by atoms with Gasteiger partial charge in [0.15, 0.2) is 0 Å². The lowest BCUT2D eigenvalue weighted by atomic mass is 10.1. The maximum atomic E-state index is 12.6. The number of amides is 1. The van der Waals surface area contributed by atoms with E-state index in [1.165, 1.54) is 6.33 Å². The molecule has 3 rings (SSSR count). The minimum Gasteiger partial charge on any atom is -0.497 e. The average Bonchev–Trinajstić information content (AvgIpc) is 3.26. The maximum absolute atomic E-state index is 12.6. The minimum absolute atomic E-state index is 0.00170. The van der Waals surface area contributed by atoms with Gasteiger partial charge in [0.2, 0.25) is 5.91 Å². The number of carbonyl (C=O) groups is 1. The monoisotopic (exact) mass is 364 g/mol. The van der Waals surface area contributed by atoms with Gasteiger partial charge in [-0.05, 0) is 48.7 Å². The first-order valence-corrected chi connectivity index (χ1v) is 8.92. The van der Waals surface area contributed by atoms with Crippen molar-refractivity contribution in [1.29, 1.82) is 0 Å². The van der Waals surface area contributed by atoms with Crippen molar-refractivity contribution in [2.75, 3.05) is 14.2 Å². The van der Waals surface area contributed by atoms with Crippen LogP contribution in [0.15, 0.2) is 61.2 Å². The van der Waals surface area contributed by atoms with Crippen LogP contribution in [0.1, 0.15) is 30.5 Å². The third-order valence-corrected chi connectivity index (χ3v) is 4.82.